The fraction of sp³-hybridized carbons (Fsp3) is 0.435. The van der Waals surface area contributed by atoms with E-state index in [1.165, 1.54) is 36.8 Å². The van der Waals surface area contributed by atoms with Crippen molar-refractivity contribution < 1.29 is 0 Å². The van der Waals surface area contributed by atoms with Gasteiger partial charge in [0.05, 0.1) is 0 Å². The Morgan fingerprint density at radius 1 is 0.923 bits per heavy atom. The molecule has 3 atom stereocenters. The molecule has 0 heterocycles. The van der Waals surface area contributed by atoms with Gasteiger partial charge in [0.1, 0.15) is 0 Å². The molecular formula is C23H28N2S. The number of rotatable bonds is 6. The molecule has 0 spiro atoms. The fourth-order valence-corrected chi connectivity index (χ4v) is 4.94. The second-order valence-electron chi connectivity index (χ2n) is 7.87. The Morgan fingerprint density at radius 2 is 1.62 bits per heavy atom. The third-order valence-corrected chi connectivity index (χ3v) is 6.44. The van der Waals surface area contributed by atoms with Crippen LogP contribution in [-0.4, -0.2) is 22.6 Å². The van der Waals surface area contributed by atoms with Crippen LogP contribution >= 0.6 is 12.2 Å². The summed E-state index contributed by atoms with van der Waals surface area (Å²) in [5.74, 6) is 1.78. The lowest BCUT2D eigenvalue weighted by atomic mass is 9.95. The van der Waals surface area contributed by atoms with Crippen molar-refractivity contribution in [1.29, 1.82) is 0 Å². The molecule has 4 rings (SSSR count). The Hall–Kier alpha value is -1.87. The van der Waals surface area contributed by atoms with Crippen molar-refractivity contribution in [3.63, 3.8) is 0 Å². The van der Waals surface area contributed by atoms with E-state index in [4.69, 9.17) is 12.2 Å². The average Bonchev–Trinajstić information content (AvgIpc) is 3.30. The third-order valence-electron chi connectivity index (χ3n) is 6.06. The van der Waals surface area contributed by atoms with Crippen LogP contribution in [-0.2, 0) is 13.0 Å². The molecule has 0 saturated heterocycles. The second-order valence-corrected chi connectivity index (χ2v) is 8.26. The Balaban J connectivity index is 1.41. The van der Waals surface area contributed by atoms with E-state index in [9.17, 15) is 0 Å². The molecule has 2 aromatic carbocycles. The number of nitrogens with zero attached hydrogens (tertiary/aromatic N) is 1. The maximum atomic E-state index is 5.86. The average molecular weight is 365 g/mol. The van der Waals surface area contributed by atoms with Gasteiger partial charge in [0.15, 0.2) is 5.11 Å². The third kappa shape index (κ3) is 4.27. The highest BCUT2D eigenvalue weighted by Gasteiger charge is 2.40. The molecular weight excluding hydrogens is 336 g/mol. The van der Waals surface area contributed by atoms with Crippen molar-refractivity contribution in [1.82, 2.24) is 10.2 Å². The first kappa shape index (κ1) is 17.5. The predicted octanol–water partition coefficient (Wildman–Crippen LogP) is 4.79. The van der Waals surface area contributed by atoms with Gasteiger partial charge < -0.3 is 10.2 Å². The summed E-state index contributed by atoms with van der Waals surface area (Å²) in [5, 5.41) is 4.66. The molecule has 136 valence electrons. The van der Waals surface area contributed by atoms with E-state index in [-0.39, 0.29) is 0 Å². The number of thiocarbonyl (C=S) groups is 1. The Labute approximate surface area is 162 Å². The van der Waals surface area contributed by atoms with Crippen LogP contribution in [0.1, 0.15) is 36.8 Å². The number of nitrogens with one attached hydrogen (secondary N) is 1. The van der Waals surface area contributed by atoms with E-state index in [2.05, 4.69) is 70.9 Å². The van der Waals surface area contributed by atoms with Gasteiger partial charge >= 0.3 is 0 Å². The highest BCUT2D eigenvalue weighted by Crippen LogP contribution is 2.44. The van der Waals surface area contributed by atoms with E-state index >= 15 is 0 Å². The van der Waals surface area contributed by atoms with Gasteiger partial charge in [-0.3, -0.25) is 0 Å². The molecule has 2 aliphatic carbocycles. The van der Waals surface area contributed by atoms with Crippen LogP contribution in [0, 0.1) is 11.8 Å². The summed E-state index contributed by atoms with van der Waals surface area (Å²) in [7, 11) is 0. The first-order valence-corrected chi connectivity index (χ1v) is 10.3. The molecule has 0 radical (unpaired) electrons. The van der Waals surface area contributed by atoms with Crippen LogP contribution in [0.3, 0.4) is 0 Å². The summed E-state index contributed by atoms with van der Waals surface area (Å²) >= 11 is 5.86. The van der Waals surface area contributed by atoms with Gasteiger partial charge in [-0.2, -0.15) is 0 Å². The first-order valence-electron chi connectivity index (χ1n) is 9.91. The van der Waals surface area contributed by atoms with Crippen molar-refractivity contribution >= 4 is 17.3 Å². The van der Waals surface area contributed by atoms with Crippen molar-refractivity contribution in [3.05, 3.63) is 71.8 Å². The standard InChI is InChI=1S/C23H28N2S/c26-23(24-22-16-20-11-12-21(22)15-20)25(17-19-9-5-2-6-10-19)14-13-18-7-3-1-4-8-18/h1-10,20-22H,11-17H2,(H,24,26)/t20-,21+,22+/m0/s1. The maximum absolute atomic E-state index is 5.86. The molecule has 2 aliphatic rings. The monoisotopic (exact) mass is 364 g/mol. The Kier molecular flexibility index (Phi) is 5.54. The molecule has 2 saturated carbocycles. The highest BCUT2D eigenvalue weighted by atomic mass is 32.1. The van der Waals surface area contributed by atoms with Crippen molar-refractivity contribution in [2.24, 2.45) is 11.8 Å². The Bertz CT molecular complexity index is 716. The highest BCUT2D eigenvalue weighted by molar-refractivity contribution is 7.80. The molecule has 2 nitrogen and oxygen atoms in total. The zero-order valence-corrected chi connectivity index (χ0v) is 16.1. The van der Waals surface area contributed by atoms with Crippen LogP contribution in [0.5, 0.6) is 0 Å². The summed E-state index contributed by atoms with van der Waals surface area (Å²) in [5.41, 5.74) is 2.69. The summed E-state index contributed by atoms with van der Waals surface area (Å²) in [4.78, 5) is 2.35. The SMILES string of the molecule is S=C(N[C@@H]1C[C@H]2CC[C@@H]1C2)N(CCc1ccccc1)Cc1ccccc1. The van der Waals surface area contributed by atoms with Crippen LogP contribution < -0.4 is 5.32 Å². The first-order chi connectivity index (χ1) is 12.8. The molecule has 3 heteroatoms. The lowest BCUT2D eigenvalue weighted by Gasteiger charge is -2.31. The molecule has 2 aromatic rings. The summed E-state index contributed by atoms with van der Waals surface area (Å²) in [6.45, 7) is 1.83. The second kappa shape index (κ2) is 8.22. The van der Waals surface area contributed by atoms with Crippen molar-refractivity contribution in [2.75, 3.05) is 6.54 Å². The quantitative estimate of drug-likeness (QED) is 0.742. The summed E-state index contributed by atoms with van der Waals surface area (Å²) in [6.07, 6.45) is 6.54. The van der Waals surface area contributed by atoms with Gasteiger partial charge in [-0.05, 0) is 60.9 Å². The van der Waals surface area contributed by atoms with Crippen LogP contribution in [0.25, 0.3) is 0 Å². The normalized spacial score (nSPS) is 23.8. The molecule has 0 aliphatic heterocycles. The fourth-order valence-electron chi connectivity index (χ4n) is 4.64. The van der Waals surface area contributed by atoms with Crippen LogP contribution in [0.15, 0.2) is 60.7 Å². The van der Waals surface area contributed by atoms with E-state index in [0.29, 0.717) is 6.04 Å². The van der Waals surface area contributed by atoms with Crippen LogP contribution in [0.4, 0.5) is 0 Å². The molecule has 0 amide bonds. The van der Waals surface area contributed by atoms with E-state index in [1.54, 1.807) is 0 Å². The number of hydrogen-bond acceptors (Lipinski definition) is 1. The van der Waals surface area contributed by atoms with Crippen LogP contribution in [0.2, 0.25) is 0 Å². The summed E-state index contributed by atoms with van der Waals surface area (Å²) in [6, 6.07) is 22.0. The van der Waals surface area contributed by atoms with E-state index in [1.807, 2.05) is 0 Å². The number of benzene rings is 2. The van der Waals surface area contributed by atoms with Crippen molar-refractivity contribution in [2.45, 2.75) is 44.7 Å². The lowest BCUT2D eigenvalue weighted by molar-refractivity contribution is 0.356. The zero-order chi connectivity index (χ0) is 17.8. The topological polar surface area (TPSA) is 15.3 Å². The number of fused-ring (bicyclic) bond motifs is 2. The maximum Gasteiger partial charge on any atom is 0.169 e. The van der Waals surface area contributed by atoms with Gasteiger partial charge in [0, 0.05) is 19.1 Å². The molecule has 1 N–H and O–H groups in total. The van der Waals surface area contributed by atoms with E-state index < -0.39 is 0 Å². The number of hydrogen-bond donors (Lipinski definition) is 1. The minimum absolute atomic E-state index is 0.594. The van der Waals surface area contributed by atoms with Gasteiger partial charge in [-0.1, -0.05) is 67.1 Å². The lowest BCUT2D eigenvalue weighted by Crippen LogP contribution is -2.46. The predicted molar refractivity (Wildman–Crippen MR) is 112 cm³/mol. The molecule has 26 heavy (non-hydrogen) atoms. The largest absolute Gasteiger partial charge is 0.360 e. The zero-order valence-electron chi connectivity index (χ0n) is 15.3. The molecule has 2 fully saturated rings. The van der Waals surface area contributed by atoms with E-state index in [0.717, 1.165) is 36.5 Å². The van der Waals surface area contributed by atoms with Crippen molar-refractivity contribution in [3.8, 4) is 0 Å². The minimum Gasteiger partial charge on any atom is -0.360 e. The molecule has 2 bridgehead atoms. The Morgan fingerprint density at radius 3 is 2.23 bits per heavy atom. The molecule has 0 unspecified atom stereocenters. The minimum atomic E-state index is 0.594. The van der Waals surface area contributed by atoms with Gasteiger partial charge in [-0.15, -0.1) is 0 Å². The van der Waals surface area contributed by atoms with Gasteiger partial charge in [-0.25, -0.2) is 0 Å². The smallest absolute Gasteiger partial charge is 0.169 e. The van der Waals surface area contributed by atoms with Gasteiger partial charge in [0.25, 0.3) is 0 Å². The van der Waals surface area contributed by atoms with Gasteiger partial charge in [0.2, 0.25) is 0 Å². The molecule has 0 aromatic heterocycles. The summed E-state index contributed by atoms with van der Waals surface area (Å²) < 4.78 is 0.